The molecule has 524 valence electrons. The Hall–Kier alpha value is -12.8. The first-order valence-electron chi connectivity index (χ1n) is 35.8. The molecule has 19 heteroatoms. The van der Waals surface area contributed by atoms with Gasteiger partial charge in [-0.25, -0.2) is 15.0 Å². The molecule has 3 aliphatic rings. The molecule has 0 spiro atoms. The van der Waals surface area contributed by atoms with E-state index in [2.05, 4.69) is 165 Å². The first kappa shape index (κ1) is 67.3. The number of H-pyrrole nitrogens is 4. The van der Waals surface area contributed by atoms with Gasteiger partial charge in [-0.15, -0.1) is 0 Å². The number of hydrogen-bond donors (Lipinski definition) is 4. The second-order valence-electron chi connectivity index (χ2n) is 28.1. The number of methoxy groups -OCH3 is 2. The third-order valence-corrected chi connectivity index (χ3v) is 21.0. The highest BCUT2D eigenvalue weighted by Gasteiger charge is 2.52. The fourth-order valence-corrected chi connectivity index (χ4v) is 14.4. The van der Waals surface area contributed by atoms with Gasteiger partial charge in [0.25, 0.3) is 0 Å². The molecule has 18 nitrogen and oxygen atoms in total. The van der Waals surface area contributed by atoms with Crippen LogP contribution in [0, 0.1) is 13.8 Å². The monoisotopic (exact) mass is 1400 g/mol. The Morgan fingerprint density at radius 1 is 0.430 bits per heavy atom. The van der Waals surface area contributed by atoms with Crippen molar-refractivity contribution in [3.8, 4) is 67.8 Å². The lowest BCUT2D eigenvalue weighted by molar-refractivity contribution is 0.00578. The molecule has 8 aromatic carbocycles. The maximum atomic E-state index is 6.35. The van der Waals surface area contributed by atoms with Crippen molar-refractivity contribution >= 4 is 68.0 Å². The Morgan fingerprint density at radius 2 is 0.869 bits per heavy atom. The summed E-state index contributed by atoms with van der Waals surface area (Å²) in [5.74, 6) is 4.02. The molecule has 8 aromatic heterocycles. The maximum absolute atomic E-state index is 6.35. The van der Waals surface area contributed by atoms with E-state index in [1.165, 1.54) is 22.3 Å². The predicted molar refractivity (Wildman–Crippen MR) is 425 cm³/mol. The Labute approximate surface area is 618 Å². The van der Waals surface area contributed by atoms with Gasteiger partial charge in [0.2, 0.25) is 0 Å². The van der Waals surface area contributed by atoms with Gasteiger partial charge in [-0.3, -0.25) is 35.0 Å². The number of rotatable bonds is 14. The SMILES string of the molecule is COc1ccc(CC2N=C(c3nc4ccccc4[nH]3)c3cc(-c4cncc(-c5ccccn5)c4C)ccc32)cc1.COc1ccc(CC2N=C(c3nc4ccccc4[nH]3)c3cc(B4OC(C)(C)C(C)(C)O4)ccc32)cc1.Cc1c(-c2ccc3[nH]nc(-c4nc5ccccc5[nH]4)c3c2)cncc1-c1ccccn1. The van der Waals surface area contributed by atoms with E-state index in [9.17, 15) is 0 Å². The summed E-state index contributed by atoms with van der Waals surface area (Å²) in [5, 5.41) is 8.68. The van der Waals surface area contributed by atoms with Crippen molar-refractivity contribution in [1.29, 1.82) is 0 Å². The van der Waals surface area contributed by atoms with Crippen LogP contribution in [0.25, 0.3) is 100 Å². The molecule has 0 saturated carbocycles. The molecule has 0 aliphatic carbocycles. The van der Waals surface area contributed by atoms with Crippen molar-refractivity contribution in [1.82, 2.24) is 60.0 Å². The zero-order valence-corrected chi connectivity index (χ0v) is 60.4. The highest BCUT2D eigenvalue weighted by Crippen LogP contribution is 2.42. The summed E-state index contributed by atoms with van der Waals surface area (Å²) in [4.78, 5) is 53.4. The van der Waals surface area contributed by atoms with Crippen LogP contribution < -0.4 is 14.9 Å². The summed E-state index contributed by atoms with van der Waals surface area (Å²) in [6.07, 6.45) is 12.8. The molecule has 3 aliphatic heterocycles. The van der Waals surface area contributed by atoms with Gasteiger partial charge in [0.1, 0.15) is 28.6 Å². The molecule has 1 saturated heterocycles. The number of nitrogens with one attached hydrogen (secondary N) is 4. The molecule has 107 heavy (non-hydrogen) atoms. The zero-order valence-electron chi connectivity index (χ0n) is 60.4. The average Bonchev–Trinajstić information content (AvgIpc) is 1.61. The number of hydrogen-bond acceptors (Lipinski definition) is 14. The van der Waals surface area contributed by atoms with E-state index in [-0.39, 0.29) is 12.1 Å². The van der Waals surface area contributed by atoms with Crippen LogP contribution in [0.3, 0.4) is 0 Å². The maximum Gasteiger partial charge on any atom is 0.494 e. The van der Waals surface area contributed by atoms with Gasteiger partial charge in [0, 0.05) is 75.9 Å². The molecule has 16 aromatic rings. The van der Waals surface area contributed by atoms with E-state index < -0.39 is 18.3 Å². The summed E-state index contributed by atoms with van der Waals surface area (Å²) >= 11 is 0. The number of aliphatic imine (C=N–C) groups is 2. The lowest BCUT2D eigenvalue weighted by atomic mass is 9.77. The molecule has 0 amide bonds. The second kappa shape index (κ2) is 28.0. The number of ether oxygens (including phenoxy) is 2. The van der Waals surface area contributed by atoms with Gasteiger partial charge in [-0.1, -0.05) is 109 Å². The van der Waals surface area contributed by atoms with Crippen LogP contribution in [0.2, 0.25) is 0 Å². The lowest BCUT2D eigenvalue weighted by Gasteiger charge is -2.32. The molecular formula is C88H75BN14O4. The van der Waals surface area contributed by atoms with Crippen molar-refractivity contribution in [2.24, 2.45) is 9.98 Å². The predicted octanol–water partition coefficient (Wildman–Crippen LogP) is 17.7. The van der Waals surface area contributed by atoms with E-state index in [1.54, 1.807) is 20.4 Å². The fraction of sp³-hybridized carbons (Fsp3) is 0.159. The molecular weight excluding hydrogens is 1330 g/mol. The van der Waals surface area contributed by atoms with Gasteiger partial charge in [-0.05, 0) is 207 Å². The third-order valence-electron chi connectivity index (χ3n) is 21.0. The van der Waals surface area contributed by atoms with Crippen molar-refractivity contribution in [2.45, 2.75) is 77.7 Å². The van der Waals surface area contributed by atoms with Crippen molar-refractivity contribution in [2.75, 3.05) is 14.2 Å². The highest BCUT2D eigenvalue weighted by molar-refractivity contribution is 6.62. The largest absolute Gasteiger partial charge is 0.497 e. The Balaban J connectivity index is 0.000000119. The Morgan fingerprint density at radius 3 is 1.36 bits per heavy atom. The number of para-hydroxylation sites is 6. The molecule has 0 bridgehead atoms. The zero-order chi connectivity index (χ0) is 72.9. The van der Waals surface area contributed by atoms with E-state index in [0.717, 1.165) is 175 Å². The number of imidazole rings is 3. The lowest BCUT2D eigenvalue weighted by Crippen LogP contribution is -2.41. The van der Waals surface area contributed by atoms with Gasteiger partial charge in [0.15, 0.2) is 17.5 Å². The summed E-state index contributed by atoms with van der Waals surface area (Å²) in [7, 11) is 2.94. The number of benzene rings is 8. The van der Waals surface area contributed by atoms with Crippen LogP contribution >= 0.6 is 0 Å². The second-order valence-corrected chi connectivity index (χ2v) is 28.1. The minimum Gasteiger partial charge on any atom is -0.497 e. The molecule has 0 radical (unpaired) electrons. The highest BCUT2D eigenvalue weighted by atomic mass is 16.7. The Bertz CT molecular complexity index is 5950. The number of aromatic nitrogens is 12. The molecule has 4 N–H and O–H groups in total. The Kier molecular flexibility index (Phi) is 17.6. The van der Waals surface area contributed by atoms with E-state index >= 15 is 0 Å². The van der Waals surface area contributed by atoms with Crippen LogP contribution in [0.5, 0.6) is 11.5 Å². The van der Waals surface area contributed by atoms with Crippen LogP contribution in [0.1, 0.15) is 95.9 Å². The summed E-state index contributed by atoms with van der Waals surface area (Å²) < 4.78 is 23.4. The fourth-order valence-electron chi connectivity index (χ4n) is 14.4. The first-order valence-corrected chi connectivity index (χ1v) is 35.8. The van der Waals surface area contributed by atoms with E-state index in [4.69, 9.17) is 43.7 Å². The van der Waals surface area contributed by atoms with Crippen LogP contribution in [0.4, 0.5) is 0 Å². The molecule has 2 unspecified atom stereocenters. The van der Waals surface area contributed by atoms with Gasteiger partial charge in [0.05, 0.1) is 87.5 Å². The standard InChI is InChI=1S/C34H27N5O.C29H30BN3O3.C25H18N6/c1-21-27(19-35-20-28(21)29-7-5-6-16-36-29)23-12-15-25-26(18-23)33(34-38-30-8-3-4-9-31(30)39-34)37-32(25)17-22-10-13-24(40-2)14-11-22;1-28(2)29(3,4)36-30(35-28)19-12-15-21-22(17-19)26(27-32-23-8-6-7-9-24(23)33-27)31-25(21)16-18-10-13-20(34-5)14-11-18;1-15-18(13-26-14-19(15)20-6-4-5-11-27-20)16-9-10-21-17(12-16)24(31-30-21)25-28-22-7-2-3-8-23(22)29-25/h3-16,18-20,32H,17H2,1-2H3,(H,38,39);6-15,17,25H,16H2,1-5H3,(H,32,33);2-14H,1H3,(H,28,29)(H,30,31). The van der Waals surface area contributed by atoms with Crippen LogP contribution in [0.15, 0.2) is 259 Å². The number of pyridine rings is 4. The van der Waals surface area contributed by atoms with Crippen LogP contribution in [-0.2, 0) is 22.2 Å². The van der Waals surface area contributed by atoms with E-state index in [0.29, 0.717) is 0 Å². The number of fused-ring (bicyclic) bond motifs is 6. The smallest absolute Gasteiger partial charge is 0.494 e. The van der Waals surface area contributed by atoms with E-state index in [1.807, 2.05) is 164 Å². The summed E-state index contributed by atoms with van der Waals surface area (Å²) in [5.41, 5.74) is 26.9. The summed E-state index contributed by atoms with van der Waals surface area (Å²) in [6.45, 7) is 12.5. The van der Waals surface area contributed by atoms with Gasteiger partial charge < -0.3 is 33.7 Å². The van der Waals surface area contributed by atoms with Gasteiger partial charge >= 0.3 is 7.12 Å². The quantitative estimate of drug-likeness (QED) is 0.0746. The summed E-state index contributed by atoms with van der Waals surface area (Å²) in [6, 6.07) is 71.8. The molecule has 19 rings (SSSR count). The third kappa shape index (κ3) is 13.1. The topological polar surface area (TPSA) is 228 Å². The van der Waals surface area contributed by atoms with Crippen molar-refractivity contribution < 1.29 is 18.8 Å². The normalized spacial score (nSPS) is 15.3. The first-order chi connectivity index (χ1) is 52.2. The van der Waals surface area contributed by atoms with Crippen molar-refractivity contribution in [3.63, 3.8) is 0 Å². The molecule has 1 fully saturated rings. The molecule has 11 heterocycles. The minimum absolute atomic E-state index is 0.0102. The molecule has 2 atom stereocenters. The number of nitrogens with zero attached hydrogens (tertiary/aromatic N) is 10. The average molecular weight is 1400 g/mol. The number of aromatic amines is 4. The van der Waals surface area contributed by atoms with Crippen molar-refractivity contribution in [3.05, 3.63) is 306 Å². The minimum atomic E-state index is -0.433. The van der Waals surface area contributed by atoms with Crippen LogP contribution in [-0.4, -0.2) is 104 Å². The van der Waals surface area contributed by atoms with Gasteiger partial charge in [-0.2, -0.15) is 5.10 Å².